The lowest BCUT2D eigenvalue weighted by molar-refractivity contribution is -0.132. The van der Waals surface area contributed by atoms with E-state index in [4.69, 9.17) is 0 Å². The molecule has 0 bridgehead atoms. The van der Waals surface area contributed by atoms with Crippen molar-refractivity contribution in [1.29, 1.82) is 0 Å². The Morgan fingerprint density at radius 2 is 1.79 bits per heavy atom. The molecular formula is C21H25BrN4O2. The van der Waals surface area contributed by atoms with Crippen LogP contribution in [0.1, 0.15) is 30.6 Å². The van der Waals surface area contributed by atoms with Crippen LogP contribution in [0.4, 0.5) is 11.4 Å². The standard InChI is InChI=1S/C21H25BrN4O2/c1-15(2)11-20(27)26-9-7-25(8-10-26)19-5-3-18(4-6-19)24-21(28)16-12-17(22)14-23-13-16/h3-6,12-15H,7-11H2,1-2H3,(H,24,28). The molecule has 7 heteroatoms. The van der Waals surface area contributed by atoms with Crippen LogP contribution in [0.15, 0.2) is 47.2 Å². The molecule has 1 aliphatic rings. The van der Waals surface area contributed by atoms with E-state index < -0.39 is 0 Å². The molecule has 2 amide bonds. The molecule has 1 N–H and O–H groups in total. The second-order valence-corrected chi connectivity index (χ2v) is 8.27. The third-order valence-corrected chi connectivity index (χ3v) is 5.11. The smallest absolute Gasteiger partial charge is 0.257 e. The van der Waals surface area contributed by atoms with Crippen LogP contribution in [-0.2, 0) is 4.79 Å². The van der Waals surface area contributed by atoms with Gasteiger partial charge in [-0.2, -0.15) is 0 Å². The van der Waals surface area contributed by atoms with Gasteiger partial charge in [0.1, 0.15) is 0 Å². The number of hydrogen-bond donors (Lipinski definition) is 1. The van der Waals surface area contributed by atoms with Crippen LogP contribution in [0, 0.1) is 5.92 Å². The van der Waals surface area contributed by atoms with Gasteiger partial charge in [0.25, 0.3) is 5.91 Å². The van der Waals surface area contributed by atoms with Crippen LogP contribution in [0.25, 0.3) is 0 Å². The van der Waals surface area contributed by atoms with Gasteiger partial charge in [0, 0.05) is 60.8 Å². The monoisotopic (exact) mass is 444 g/mol. The van der Waals surface area contributed by atoms with E-state index in [1.807, 2.05) is 29.2 Å². The molecule has 1 fully saturated rings. The number of hydrogen-bond acceptors (Lipinski definition) is 4. The summed E-state index contributed by atoms with van der Waals surface area (Å²) in [5, 5.41) is 2.88. The van der Waals surface area contributed by atoms with E-state index in [1.165, 1.54) is 6.20 Å². The van der Waals surface area contributed by atoms with Gasteiger partial charge in [-0.15, -0.1) is 0 Å². The number of halogens is 1. The molecule has 0 aliphatic carbocycles. The molecule has 1 saturated heterocycles. The summed E-state index contributed by atoms with van der Waals surface area (Å²) in [6, 6.07) is 9.53. The lowest BCUT2D eigenvalue weighted by atomic mass is 10.1. The average Bonchev–Trinajstić information content (AvgIpc) is 2.68. The fourth-order valence-electron chi connectivity index (χ4n) is 3.19. The molecule has 3 rings (SSSR count). The minimum Gasteiger partial charge on any atom is -0.368 e. The summed E-state index contributed by atoms with van der Waals surface area (Å²) in [7, 11) is 0. The van der Waals surface area contributed by atoms with Crippen molar-refractivity contribution in [2.24, 2.45) is 5.92 Å². The first kappa shape index (κ1) is 20.3. The molecule has 148 valence electrons. The van der Waals surface area contributed by atoms with E-state index in [2.05, 4.69) is 45.0 Å². The zero-order chi connectivity index (χ0) is 20.1. The largest absolute Gasteiger partial charge is 0.368 e. The lowest BCUT2D eigenvalue weighted by Gasteiger charge is -2.36. The summed E-state index contributed by atoms with van der Waals surface area (Å²) in [4.78, 5) is 32.7. The van der Waals surface area contributed by atoms with Crippen LogP contribution >= 0.6 is 15.9 Å². The van der Waals surface area contributed by atoms with Crippen LogP contribution < -0.4 is 10.2 Å². The summed E-state index contributed by atoms with van der Waals surface area (Å²) in [6.07, 6.45) is 3.79. The van der Waals surface area contributed by atoms with Gasteiger partial charge >= 0.3 is 0 Å². The average molecular weight is 445 g/mol. The molecule has 0 unspecified atom stereocenters. The maximum Gasteiger partial charge on any atom is 0.257 e. The minimum absolute atomic E-state index is 0.196. The third-order valence-electron chi connectivity index (χ3n) is 4.67. The molecule has 1 aromatic carbocycles. The topological polar surface area (TPSA) is 65.5 Å². The highest BCUT2D eigenvalue weighted by atomic mass is 79.9. The van der Waals surface area contributed by atoms with Gasteiger partial charge in [-0.05, 0) is 52.2 Å². The van der Waals surface area contributed by atoms with Crippen molar-refractivity contribution in [3.05, 3.63) is 52.8 Å². The van der Waals surface area contributed by atoms with E-state index in [1.54, 1.807) is 12.3 Å². The summed E-state index contributed by atoms with van der Waals surface area (Å²) >= 11 is 3.32. The molecule has 1 aliphatic heterocycles. The molecular weight excluding hydrogens is 420 g/mol. The van der Waals surface area contributed by atoms with E-state index >= 15 is 0 Å². The summed E-state index contributed by atoms with van der Waals surface area (Å²) in [5.41, 5.74) is 2.33. The second kappa shape index (κ2) is 9.19. The van der Waals surface area contributed by atoms with Crippen molar-refractivity contribution in [2.45, 2.75) is 20.3 Å². The highest BCUT2D eigenvalue weighted by molar-refractivity contribution is 9.10. The van der Waals surface area contributed by atoms with E-state index in [-0.39, 0.29) is 11.8 Å². The number of amides is 2. The van der Waals surface area contributed by atoms with Gasteiger partial charge in [0.2, 0.25) is 5.91 Å². The maximum absolute atomic E-state index is 12.3. The van der Waals surface area contributed by atoms with E-state index in [9.17, 15) is 9.59 Å². The number of pyridine rings is 1. The zero-order valence-electron chi connectivity index (χ0n) is 16.2. The van der Waals surface area contributed by atoms with E-state index in [0.717, 1.165) is 42.0 Å². The van der Waals surface area contributed by atoms with Gasteiger partial charge < -0.3 is 15.1 Å². The Bertz CT molecular complexity index is 831. The van der Waals surface area contributed by atoms with Crippen LogP contribution in [0.2, 0.25) is 0 Å². The Balaban J connectivity index is 1.55. The van der Waals surface area contributed by atoms with Crippen molar-refractivity contribution in [3.63, 3.8) is 0 Å². The van der Waals surface area contributed by atoms with Gasteiger partial charge in [-0.3, -0.25) is 14.6 Å². The fourth-order valence-corrected chi connectivity index (χ4v) is 3.55. The summed E-state index contributed by atoms with van der Waals surface area (Å²) in [6.45, 7) is 7.28. The van der Waals surface area contributed by atoms with Crippen molar-refractivity contribution in [1.82, 2.24) is 9.88 Å². The number of carbonyl (C=O) groups is 2. The number of anilines is 2. The third kappa shape index (κ3) is 5.32. The zero-order valence-corrected chi connectivity index (χ0v) is 17.8. The Morgan fingerprint density at radius 3 is 2.39 bits per heavy atom. The second-order valence-electron chi connectivity index (χ2n) is 7.36. The molecule has 0 atom stereocenters. The number of carbonyl (C=O) groups excluding carboxylic acids is 2. The lowest BCUT2D eigenvalue weighted by Crippen LogP contribution is -2.49. The number of nitrogens with zero attached hydrogens (tertiary/aromatic N) is 3. The number of benzene rings is 1. The SMILES string of the molecule is CC(C)CC(=O)N1CCN(c2ccc(NC(=O)c3cncc(Br)c3)cc2)CC1. The predicted octanol–water partition coefficient (Wildman–Crippen LogP) is 3.79. The van der Waals surface area contributed by atoms with Crippen molar-refractivity contribution < 1.29 is 9.59 Å². The molecule has 2 aromatic rings. The molecule has 0 radical (unpaired) electrons. The first-order valence-corrected chi connectivity index (χ1v) is 10.3. The quantitative estimate of drug-likeness (QED) is 0.761. The minimum atomic E-state index is -0.196. The highest BCUT2D eigenvalue weighted by Gasteiger charge is 2.21. The molecule has 6 nitrogen and oxygen atoms in total. The number of aromatic nitrogens is 1. The normalized spacial score (nSPS) is 14.3. The van der Waals surface area contributed by atoms with Gasteiger partial charge in [0.15, 0.2) is 0 Å². The van der Waals surface area contributed by atoms with Crippen molar-refractivity contribution >= 4 is 39.1 Å². The summed E-state index contributed by atoms with van der Waals surface area (Å²) in [5.74, 6) is 0.439. The Hall–Kier alpha value is -2.41. The first-order valence-electron chi connectivity index (χ1n) is 9.47. The van der Waals surface area contributed by atoms with Crippen molar-refractivity contribution in [2.75, 3.05) is 36.4 Å². The van der Waals surface area contributed by atoms with Crippen LogP contribution in [0.5, 0.6) is 0 Å². The molecule has 28 heavy (non-hydrogen) atoms. The number of rotatable bonds is 5. The Kier molecular flexibility index (Phi) is 6.67. The van der Waals surface area contributed by atoms with E-state index in [0.29, 0.717) is 17.9 Å². The van der Waals surface area contributed by atoms with Gasteiger partial charge in [0.05, 0.1) is 5.56 Å². The Morgan fingerprint density at radius 1 is 1.11 bits per heavy atom. The van der Waals surface area contributed by atoms with Crippen LogP contribution in [-0.4, -0.2) is 47.9 Å². The fraction of sp³-hybridized carbons (Fsp3) is 0.381. The van der Waals surface area contributed by atoms with Crippen molar-refractivity contribution in [3.8, 4) is 0 Å². The molecule has 1 aromatic heterocycles. The Labute approximate surface area is 174 Å². The van der Waals surface area contributed by atoms with Gasteiger partial charge in [-0.25, -0.2) is 0 Å². The van der Waals surface area contributed by atoms with Crippen LogP contribution in [0.3, 0.4) is 0 Å². The number of nitrogens with one attached hydrogen (secondary N) is 1. The maximum atomic E-state index is 12.3. The number of piperazine rings is 1. The molecule has 0 spiro atoms. The molecule has 0 saturated carbocycles. The predicted molar refractivity (Wildman–Crippen MR) is 115 cm³/mol. The summed E-state index contributed by atoms with van der Waals surface area (Å²) < 4.78 is 0.765. The van der Waals surface area contributed by atoms with Gasteiger partial charge in [-0.1, -0.05) is 13.8 Å². The first-order chi connectivity index (χ1) is 13.4. The highest BCUT2D eigenvalue weighted by Crippen LogP contribution is 2.21. The molecule has 2 heterocycles.